The molecular formula is C10H10BrF2NO2S. The molecule has 0 N–H and O–H groups in total. The van der Waals surface area contributed by atoms with Gasteiger partial charge in [-0.1, -0.05) is 22.9 Å². The highest BCUT2D eigenvalue weighted by Crippen LogP contribution is 2.33. The van der Waals surface area contributed by atoms with E-state index in [1.807, 2.05) is 0 Å². The van der Waals surface area contributed by atoms with Gasteiger partial charge in [-0.05, 0) is 18.1 Å². The van der Waals surface area contributed by atoms with E-state index in [9.17, 15) is 17.2 Å². The average molecular weight is 326 g/mol. The Balaban J connectivity index is 2.55. The number of hydrogen-bond acceptors (Lipinski definition) is 2. The summed E-state index contributed by atoms with van der Waals surface area (Å²) in [7, 11) is -3.61. The predicted octanol–water partition coefficient (Wildman–Crippen LogP) is 2.51. The molecule has 1 aliphatic heterocycles. The summed E-state index contributed by atoms with van der Waals surface area (Å²) in [5.41, 5.74) is -0.488. The fourth-order valence-electron chi connectivity index (χ4n) is 1.90. The van der Waals surface area contributed by atoms with Crippen LogP contribution >= 0.6 is 15.9 Å². The van der Waals surface area contributed by atoms with Crippen molar-refractivity contribution in [3.05, 3.63) is 28.2 Å². The van der Waals surface area contributed by atoms with Gasteiger partial charge in [-0.2, -0.15) is 0 Å². The van der Waals surface area contributed by atoms with Crippen LogP contribution in [-0.2, 0) is 10.0 Å². The van der Waals surface area contributed by atoms with Crippen LogP contribution in [0.5, 0.6) is 0 Å². The minimum atomic E-state index is -3.61. The standard InChI is InChI=1S/C10H10BrF2NO2S/c1-6-4-14(17(15,16)5-6)10-8(12)2-7(11)3-9(10)13/h2-3,6H,4-5H2,1H3. The maximum Gasteiger partial charge on any atom is 0.235 e. The molecule has 94 valence electrons. The van der Waals surface area contributed by atoms with Gasteiger partial charge < -0.3 is 0 Å². The van der Waals surface area contributed by atoms with Crippen molar-refractivity contribution < 1.29 is 17.2 Å². The predicted molar refractivity (Wildman–Crippen MR) is 64.4 cm³/mol. The van der Waals surface area contributed by atoms with Crippen LogP contribution in [0.2, 0.25) is 0 Å². The lowest BCUT2D eigenvalue weighted by Crippen LogP contribution is -2.27. The summed E-state index contributed by atoms with van der Waals surface area (Å²) in [4.78, 5) is 0. The third kappa shape index (κ3) is 2.30. The van der Waals surface area contributed by atoms with E-state index in [-0.39, 0.29) is 22.7 Å². The van der Waals surface area contributed by atoms with Crippen molar-refractivity contribution in [2.24, 2.45) is 5.92 Å². The zero-order valence-electron chi connectivity index (χ0n) is 8.95. The molecule has 7 heteroatoms. The van der Waals surface area contributed by atoms with E-state index in [1.54, 1.807) is 6.92 Å². The average Bonchev–Trinajstić information content (AvgIpc) is 2.37. The molecular weight excluding hydrogens is 316 g/mol. The van der Waals surface area contributed by atoms with E-state index >= 15 is 0 Å². The Bertz CT molecular complexity index is 538. The van der Waals surface area contributed by atoms with Gasteiger partial charge in [0, 0.05) is 11.0 Å². The molecule has 0 spiro atoms. The summed E-state index contributed by atoms with van der Waals surface area (Å²) < 4.78 is 51.9. The van der Waals surface area contributed by atoms with Gasteiger partial charge in [0.25, 0.3) is 0 Å². The molecule has 1 fully saturated rings. The Hall–Kier alpha value is -0.690. The van der Waals surface area contributed by atoms with Crippen molar-refractivity contribution in [1.29, 1.82) is 0 Å². The Morgan fingerprint density at radius 2 is 1.88 bits per heavy atom. The summed E-state index contributed by atoms with van der Waals surface area (Å²) in [5.74, 6) is -1.98. The van der Waals surface area contributed by atoms with E-state index in [0.717, 1.165) is 16.4 Å². The molecule has 0 aliphatic carbocycles. The summed E-state index contributed by atoms with van der Waals surface area (Å²) in [6.45, 7) is 1.84. The Labute approximate surface area is 107 Å². The monoisotopic (exact) mass is 325 g/mol. The molecule has 1 unspecified atom stereocenters. The highest BCUT2D eigenvalue weighted by Gasteiger charge is 2.36. The van der Waals surface area contributed by atoms with Crippen molar-refractivity contribution >= 4 is 31.6 Å². The van der Waals surface area contributed by atoms with Gasteiger partial charge in [-0.15, -0.1) is 0 Å². The SMILES string of the molecule is CC1CN(c2c(F)cc(Br)cc2F)S(=O)(=O)C1. The minimum absolute atomic E-state index is 0.0814. The van der Waals surface area contributed by atoms with Gasteiger partial charge in [0.2, 0.25) is 10.0 Å². The quantitative estimate of drug-likeness (QED) is 0.795. The summed E-state index contributed by atoms with van der Waals surface area (Å²) in [5, 5.41) is 0. The van der Waals surface area contributed by atoms with Gasteiger partial charge in [0.15, 0.2) is 11.6 Å². The van der Waals surface area contributed by atoms with Crippen LogP contribution in [-0.4, -0.2) is 20.7 Å². The lowest BCUT2D eigenvalue weighted by Gasteiger charge is -2.18. The summed E-state index contributed by atoms with van der Waals surface area (Å²) >= 11 is 2.95. The molecule has 0 radical (unpaired) electrons. The third-order valence-electron chi connectivity index (χ3n) is 2.54. The van der Waals surface area contributed by atoms with Crippen molar-refractivity contribution in [2.75, 3.05) is 16.6 Å². The largest absolute Gasteiger partial charge is 0.264 e. The first-order valence-electron chi connectivity index (χ1n) is 4.96. The molecule has 2 rings (SSSR count). The second-order valence-corrected chi connectivity index (χ2v) is 6.99. The third-order valence-corrected chi connectivity index (χ3v) is 4.99. The number of nitrogens with zero attached hydrogens (tertiary/aromatic N) is 1. The molecule has 1 aromatic rings. The van der Waals surface area contributed by atoms with E-state index in [4.69, 9.17) is 0 Å². The van der Waals surface area contributed by atoms with Crippen molar-refractivity contribution in [2.45, 2.75) is 6.92 Å². The molecule has 1 aliphatic rings. The minimum Gasteiger partial charge on any atom is -0.264 e. The smallest absolute Gasteiger partial charge is 0.235 e. The molecule has 1 saturated heterocycles. The van der Waals surface area contributed by atoms with Crippen molar-refractivity contribution in [1.82, 2.24) is 0 Å². The first-order chi connectivity index (χ1) is 7.81. The van der Waals surface area contributed by atoms with E-state index in [2.05, 4.69) is 15.9 Å². The highest BCUT2D eigenvalue weighted by atomic mass is 79.9. The maximum atomic E-state index is 13.7. The number of anilines is 1. The number of benzene rings is 1. The van der Waals surface area contributed by atoms with E-state index in [0.29, 0.717) is 0 Å². The molecule has 3 nitrogen and oxygen atoms in total. The first kappa shape index (κ1) is 12.8. The highest BCUT2D eigenvalue weighted by molar-refractivity contribution is 9.10. The van der Waals surface area contributed by atoms with E-state index < -0.39 is 27.3 Å². The molecule has 0 saturated carbocycles. The van der Waals surface area contributed by atoms with Crippen LogP contribution in [0.15, 0.2) is 16.6 Å². The number of rotatable bonds is 1. The molecule has 1 heterocycles. The second-order valence-electron chi connectivity index (χ2n) is 4.13. The number of halogens is 3. The van der Waals surface area contributed by atoms with Crippen LogP contribution in [0, 0.1) is 17.6 Å². The summed E-state index contributed by atoms with van der Waals surface area (Å²) in [6.07, 6.45) is 0. The van der Waals surface area contributed by atoms with Crippen LogP contribution in [0.3, 0.4) is 0 Å². The van der Waals surface area contributed by atoms with Crippen LogP contribution in [0.25, 0.3) is 0 Å². The van der Waals surface area contributed by atoms with Gasteiger partial charge in [0.05, 0.1) is 5.75 Å². The normalized spacial score (nSPS) is 23.1. The topological polar surface area (TPSA) is 37.4 Å². The number of hydrogen-bond donors (Lipinski definition) is 0. The maximum absolute atomic E-state index is 13.7. The van der Waals surface area contributed by atoms with Crippen molar-refractivity contribution in [3.63, 3.8) is 0 Å². The Kier molecular flexibility index (Phi) is 3.15. The fraction of sp³-hybridized carbons (Fsp3) is 0.400. The van der Waals surface area contributed by atoms with Gasteiger partial charge in [-0.25, -0.2) is 17.2 Å². The van der Waals surface area contributed by atoms with Gasteiger partial charge in [0.1, 0.15) is 5.69 Å². The zero-order chi connectivity index (χ0) is 12.8. The molecule has 1 aromatic carbocycles. The first-order valence-corrected chi connectivity index (χ1v) is 7.36. The molecule has 0 amide bonds. The zero-order valence-corrected chi connectivity index (χ0v) is 11.4. The van der Waals surface area contributed by atoms with Crippen molar-refractivity contribution in [3.8, 4) is 0 Å². The van der Waals surface area contributed by atoms with Crippen LogP contribution < -0.4 is 4.31 Å². The molecule has 1 atom stereocenters. The second kappa shape index (κ2) is 4.20. The summed E-state index contributed by atoms with van der Waals surface area (Å²) in [6, 6.07) is 2.10. The Morgan fingerprint density at radius 1 is 1.35 bits per heavy atom. The lowest BCUT2D eigenvalue weighted by molar-refractivity contribution is 0.571. The van der Waals surface area contributed by atoms with Gasteiger partial charge in [-0.3, -0.25) is 4.31 Å². The number of sulfonamides is 1. The lowest BCUT2D eigenvalue weighted by atomic mass is 10.2. The van der Waals surface area contributed by atoms with Gasteiger partial charge >= 0.3 is 0 Å². The molecule has 0 bridgehead atoms. The Morgan fingerprint density at radius 3 is 2.29 bits per heavy atom. The molecule has 17 heavy (non-hydrogen) atoms. The van der Waals surface area contributed by atoms with Crippen LogP contribution in [0.1, 0.15) is 6.92 Å². The van der Waals surface area contributed by atoms with Crippen LogP contribution in [0.4, 0.5) is 14.5 Å². The van der Waals surface area contributed by atoms with E-state index in [1.165, 1.54) is 0 Å². The molecule has 0 aromatic heterocycles. The fourth-order valence-corrected chi connectivity index (χ4v) is 4.24.